The summed E-state index contributed by atoms with van der Waals surface area (Å²) in [6.07, 6.45) is 24.4. The number of unbranched alkanes of at least 4 members (excludes halogenated alkanes) is 12. The molecule has 5 nitrogen and oxygen atoms in total. The SMILES string of the molecule is CCCCCCCCCCCCCCC[C@H]1CC(=O)NCCCNCCCCNCCCN1. The Kier molecular flexibility index (Phi) is 22.5. The number of carbonyl (C=O) groups excluding carboxylic acids is 1. The largest absolute Gasteiger partial charge is 0.356 e. The molecule has 1 rings (SSSR count). The fraction of sp³-hybridized carbons (Fsp3) is 0.964. The summed E-state index contributed by atoms with van der Waals surface area (Å²) >= 11 is 0. The molecule has 1 amide bonds. The quantitative estimate of drug-likeness (QED) is 0.248. The molecule has 0 unspecified atom stereocenters. The first-order valence-corrected chi connectivity index (χ1v) is 14.7. The van der Waals surface area contributed by atoms with Gasteiger partial charge in [0.2, 0.25) is 5.91 Å². The zero-order valence-corrected chi connectivity index (χ0v) is 22.2. The number of rotatable bonds is 14. The van der Waals surface area contributed by atoms with E-state index in [0.29, 0.717) is 12.5 Å². The van der Waals surface area contributed by atoms with Gasteiger partial charge in [-0.15, -0.1) is 0 Å². The summed E-state index contributed by atoms with van der Waals surface area (Å²) < 4.78 is 0. The Morgan fingerprint density at radius 1 is 0.606 bits per heavy atom. The van der Waals surface area contributed by atoms with E-state index >= 15 is 0 Å². The maximum atomic E-state index is 12.4. The summed E-state index contributed by atoms with van der Waals surface area (Å²) in [7, 11) is 0. The Morgan fingerprint density at radius 3 is 1.67 bits per heavy atom. The third-order valence-corrected chi connectivity index (χ3v) is 6.86. The first kappa shape index (κ1) is 30.4. The number of nitrogens with one attached hydrogen (secondary N) is 4. The van der Waals surface area contributed by atoms with E-state index in [0.717, 1.165) is 58.5 Å². The van der Waals surface area contributed by atoms with E-state index in [1.165, 1.54) is 96.3 Å². The predicted octanol–water partition coefficient (Wildman–Crippen LogP) is 5.69. The van der Waals surface area contributed by atoms with Crippen molar-refractivity contribution in [1.82, 2.24) is 21.3 Å². The molecule has 0 aromatic rings. The van der Waals surface area contributed by atoms with Crippen LogP contribution in [0.2, 0.25) is 0 Å². The van der Waals surface area contributed by atoms with Gasteiger partial charge in [-0.25, -0.2) is 0 Å². The average Bonchev–Trinajstić information content (AvgIpc) is 2.81. The lowest BCUT2D eigenvalue weighted by molar-refractivity contribution is -0.121. The van der Waals surface area contributed by atoms with Crippen LogP contribution in [0, 0.1) is 0 Å². The van der Waals surface area contributed by atoms with Crippen molar-refractivity contribution >= 4 is 5.91 Å². The molecule has 0 aromatic carbocycles. The molecular formula is C28H58N4O. The number of hydrogen-bond donors (Lipinski definition) is 4. The van der Waals surface area contributed by atoms with Gasteiger partial charge in [0.1, 0.15) is 0 Å². The monoisotopic (exact) mass is 466 g/mol. The lowest BCUT2D eigenvalue weighted by Gasteiger charge is -2.19. The Balaban J connectivity index is 2.10. The van der Waals surface area contributed by atoms with E-state index in [2.05, 4.69) is 28.2 Å². The molecule has 4 N–H and O–H groups in total. The molecule has 33 heavy (non-hydrogen) atoms. The Labute approximate surface area is 206 Å². The molecule has 1 fully saturated rings. The first-order chi connectivity index (χ1) is 16.3. The minimum Gasteiger partial charge on any atom is -0.356 e. The topological polar surface area (TPSA) is 65.2 Å². The lowest BCUT2D eigenvalue weighted by Crippen LogP contribution is -2.37. The van der Waals surface area contributed by atoms with Crippen LogP contribution < -0.4 is 21.3 Å². The number of carbonyl (C=O) groups is 1. The minimum absolute atomic E-state index is 0.213. The van der Waals surface area contributed by atoms with Crippen molar-refractivity contribution in [3.05, 3.63) is 0 Å². The van der Waals surface area contributed by atoms with Crippen molar-refractivity contribution in [2.45, 2.75) is 135 Å². The van der Waals surface area contributed by atoms with Crippen LogP contribution in [0.1, 0.15) is 129 Å². The summed E-state index contributed by atoms with van der Waals surface area (Å²) in [5, 5.41) is 13.8. The highest BCUT2D eigenvalue weighted by molar-refractivity contribution is 5.76. The van der Waals surface area contributed by atoms with Crippen LogP contribution in [0.4, 0.5) is 0 Å². The average molecular weight is 467 g/mol. The standard InChI is InChI=1S/C28H58N4O/c1-2-3-4-5-6-7-8-9-10-11-12-13-14-19-27-26-28(33)32-25-18-23-30-21-16-15-20-29-22-17-24-31-27/h27,29-31H,2-26H2,1H3,(H,32,33)/t27-/m0/s1. The van der Waals surface area contributed by atoms with Gasteiger partial charge in [-0.3, -0.25) is 4.79 Å². The zero-order chi connectivity index (χ0) is 23.7. The van der Waals surface area contributed by atoms with Gasteiger partial charge >= 0.3 is 0 Å². The third-order valence-electron chi connectivity index (χ3n) is 6.86. The van der Waals surface area contributed by atoms with Crippen molar-refractivity contribution in [3.63, 3.8) is 0 Å². The Bertz CT molecular complexity index is 419. The van der Waals surface area contributed by atoms with E-state index in [-0.39, 0.29) is 5.91 Å². The molecule has 0 bridgehead atoms. The molecule has 1 aliphatic heterocycles. The van der Waals surface area contributed by atoms with E-state index in [1.54, 1.807) is 0 Å². The van der Waals surface area contributed by atoms with Crippen molar-refractivity contribution in [1.29, 1.82) is 0 Å². The summed E-state index contributed by atoms with van der Waals surface area (Å²) in [5.74, 6) is 0.213. The van der Waals surface area contributed by atoms with E-state index in [9.17, 15) is 4.79 Å². The summed E-state index contributed by atoms with van der Waals surface area (Å²) in [5.41, 5.74) is 0. The zero-order valence-electron chi connectivity index (χ0n) is 22.2. The Morgan fingerprint density at radius 2 is 1.09 bits per heavy atom. The van der Waals surface area contributed by atoms with E-state index in [4.69, 9.17) is 0 Å². The molecule has 0 radical (unpaired) electrons. The van der Waals surface area contributed by atoms with Crippen LogP contribution in [0.15, 0.2) is 0 Å². The van der Waals surface area contributed by atoms with Crippen molar-refractivity contribution < 1.29 is 4.79 Å². The van der Waals surface area contributed by atoms with Crippen LogP contribution in [0.3, 0.4) is 0 Å². The van der Waals surface area contributed by atoms with Crippen molar-refractivity contribution in [2.75, 3.05) is 39.3 Å². The van der Waals surface area contributed by atoms with Gasteiger partial charge in [0.25, 0.3) is 0 Å². The molecule has 1 atom stereocenters. The molecule has 0 aromatic heterocycles. The second-order valence-corrected chi connectivity index (χ2v) is 10.2. The highest BCUT2D eigenvalue weighted by Crippen LogP contribution is 2.14. The van der Waals surface area contributed by atoms with Crippen LogP contribution in [0.5, 0.6) is 0 Å². The van der Waals surface area contributed by atoms with Crippen LogP contribution in [0.25, 0.3) is 0 Å². The normalized spacial score (nSPS) is 20.3. The minimum atomic E-state index is 0.213. The molecule has 1 aliphatic rings. The molecule has 0 saturated carbocycles. The number of hydrogen-bond acceptors (Lipinski definition) is 4. The smallest absolute Gasteiger partial charge is 0.221 e. The summed E-state index contributed by atoms with van der Waals surface area (Å²) in [6.45, 7) is 8.34. The van der Waals surface area contributed by atoms with Gasteiger partial charge in [-0.2, -0.15) is 0 Å². The van der Waals surface area contributed by atoms with Gasteiger partial charge in [-0.05, 0) is 64.8 Å². The van der Waals surface area contributed by atoms with Gasteiger partial charge in [0.15, 0.2) is 0 Å². The third kappa shape index (κ3) is 21.6. The fourth-order valence-corrected chi connectivity index (χ4v) is 4.69. The van der Waals surface area contributed by atoms with E-state index in [1.807, 2.05) is 0 Å². The highest BCUT2D eigenvalue weighted by Gasteiger charge is 2.13. The van der Waals surface area contributed by atoms with Crippen LogP contribution >= 0.6 is 0 Å². The molecule has 1 heterocycles. The maximum Gasteiger partial charge on any atom is 0.221 e. The van der Waals surface area contributed by atoms with Gasteiger partial charge in [-0.1, -0.05) is 90.4 Å². The molecular weight excluding hydrogens is 408 g/mol. The van der Waals surface area contributed by atoms with Gasteiger partial charge in [0, 0.05) is 19.0 Å². The lowest BCUT2D eigenvalue weighted by atomic mass is 10.0. The predicted molar refractivity (Wildman–Crippen MR) is 144 cm³/mol. The van der Waals surface area contributed by atoms with E-state index < -0.39 is 0 Å². The van der Waals surface area contributed by atoms with Crippen LogP contribution in [-0.2, 0) is 4.79 Å². The molecule has 0 aliphatic carbocycles. The summed E-state index contributed by atoms with van der Waals surface area (Å²) in [6, 6.07) is 0.325. The molecule has 1 saturated heterocycles. The van der Waals surface area contributed by atoms with Gasteiger partial charge in [0.05, 0.1) is 0 Å². The van der Waals surface area contributed by atoms with Gasteiger partial charge < -0.3 is 21.3 Å². The van der Waals surface area contributed by atoms with Crippen molar-refractivity contribution in [3.8, 4) is 0 Å². The second kappa shape index (κ2) is 24.5. The molecule has 0 spiro atoms. The number of amides is 1. The maximum absolute atomic E-state index is 12.4. The second-order valence-electron chi connectivity index (χ2n) is 10.2. The Hall–Kier alpha value is -0.650. The fourth-order valence-electron chi connectivity index (χ4n) is 4.69. The highest BCUT2D eigenvalue weighted by atomic mass is 16.1. The van der Waals surface area contributed by atoms with Crippen molar-refractivity contribution in [2.24, 2.45) is 0 Å². The first-order valence-electron chi connectivity index (χ1n) is 14.7. The molecule has 196 valence electrons. The summed E-state index contributed by atoms with van der Waals surface area (Å²) in [4.78, 5) is 12.4. The molecule has 5 heteroatoms. The van der Waals surface area contributed by atoms with Crippen LogP contribution in [-0.4, -0.2) is 51.2 Å².